The van der Waals surface area contributed by atoms with E-state index in [-0.39, 0.29) is 23.2 Å². The number of halogens is 3. The first-order valence-electron chi connectivity index (χ1n) is 9.55. The molecule has 1 aromatic carbocycles. The SMILES string of the molecule is CN(C)S(=O)(=O)c1ccc(Nc2ncc(C(F)(F)F)c(N3CCc4nc[nH]c4C3)n2)cc1. The summed E-state index contributed by atoms with van der Waals surface area (Å²) in [6.45, 7) is 0.542. The standard InChI is InChI=1S/C19H20F3N7O2S/c1-28(2)32(30,31)13-5-3-12(4-6-13)26-18-23-9-14(19(20,21)22)17(27-18)29-8-7-15-16(10-29)25-11-24-15/h3-6,9,11H,7-8,10H2,1-2H3,(H,24,25)(H,23,26,27). The highest BCUT2D eigenvalue weighted by Gasteiger charge is 2.37. The van der Waals surface area contributed by atoms with Crippen molar-refractivity contribution in [1.29, 1.82) is 0 Å². The third kappa shape index (κ3) is 4.25. The summed E-state index contributed by atoms with van der Waals surface area (Å²) in [6.07, 6.45) is -1.86. The lowest BCUT2D eigenvalue weighted by molar-refractivity contribution is -0.137. The number of nitrogens with zero attached hydrogens (tertiary/aromatic N) is 5. The largest absolute Gasteiger partial charge is 0.421 e. The van der Waals surface area contributed by atoms with E-state index in [4.69, 9.17) is 0 Å². The van der Waals surface area contributed by atoms with Crippen molar-refractivity contribution in [2.24, 2.45) is 0 Å². The number of aromatic nitrogens is 4. The molecule has 0 saturated heterocycles. The molecule has 0 atom stereocenters. The van der Waals surface area contributed by atoms with Crippen LogP contribution in [0.4, 0.5) is 30.6 Å². The molecule has 0 amide bonds. The van der Waals surface area contributed by atoms with E-state index < -0.39 is 21.8 Å². The van der Waals surface area contributed by atoms with Gasteiger partial charge >= 0.3 is 6.18 Å². The maximum Gasteiger partial charge on any atom is 0.421 e. The van der Waals surface area contributed by atoms with Gasteiger partial charge in [-0.1, -0.05) is 0 Å². The monoisotopic (exact) mass is 467 g/mol. The lowest BCUT2D eigenvalue weighted by Gasteiger charge is -2.29. The molecule has 0 bridgehead atoms. The normalized spacial score (nSPS) is 14.5. The van der Waals surface area contributed by atoms with Crippen LogP contribution in [-0.4, -0.2) is 53.3 Å². The zero-order valence-corrected chi connectivity index (χ0v) is 18.0. The van der Waals surface area contributed by atoms with Crippen LogP contribution in [0.3, 0.4) is 0 Å². The van der Waals surface area contributed by atoms with Gasteiger partial charge in [-0.05, 0) is 24.3 Å². The van der Waals surface area contributed by atoms with E-state index in [2.05, 4.69) is 25.3 Å². The summed E-state index contributed by atoms with van der Waals surface area (Å²) in [5.74, 6) is -0.270. The smallest absolute Gasteiger partial charge is 0.350 e. The molecule has 0 radical (unpaired) electrons. The summed E-state index contributed by atoms with van der Waals surface area (Å²) in [5.41, 5.74) is 1.08. The van der Waals surface area contributed by atoms with Gasteiger partial charge in [0.1, 0.15) is 11.4 Å². The number of H-pyrrole nitrogens is 1. The van der Waals surface area contributed by atoms with Gasteiger partial charge in [-0.15, -0.1) is 0 Å². The molecule has 2 aromatic heterocycles. The molecule has 1 aliphatic rings. The molecule has 4 rings (SSSR count). The second-order valence-corrected chi connectivity index (χ2v) is 9.52. The molecule has 0 spiro atoms. The topological polar surface area (TPSA) is 107 Å². The van der Waals surface area contributed by atoms with Crippen LogP contribution in [0.15, 0.2) is 41.7 Å². The Bertz CT molecular complexity index is 1220. The number of nitrogens with one attached hydrogen (secondary N) is 2. The van der Waals surface area contributed by atoms with E-state index >= 15 is 0 Å². The first kappa shape index (κ1) is 22.0. The molecule has 0 fully saturated rings. The third-order valence-electron chi connectivity index (χ3n) is 5.04. The zero-order chi connectivity index (χ0) is 23.1. The molecule has 0 unspecified atom stereocenters. The molecule has 3 heterocycles. The Morgan fingerprint density at radius 2 is 1.88 bits per heavy atom. The van der Waals surface area contributed by atoms with Gasteiger partial charge in [0.15, 0.2) is 0 Å². The third-order valence-corrected chi connectivity index (χ3v) is 6.87. The van der Waals surface area contributed by atoms with Gasteiger partial charge in [-0.3, -0.25) is 0 Å². The summed E-state index contributed by atoms with van der Waals surface area (Å²) in [5, 5.41) is 2.84. The average Bonchev–Trinajstić information content (AvgIpc) is 3.21. The molecule has 3 aromatic rings. The Balaban J connectivity index is 1.63. The molecule has 0 saturated carbocycles. The lowest BCUT2D eigenvalue weighted by Crippen LogP contribution is -2.33. The highest BCUT2D eigenvalue weighted by Crippen LogP contribution is 2.37. The second-order valence-electron chi connectivity index (χ2n) is 7.36. The van der Waals surface area contributed by atoms with E-state index in [9.17, 15) is 21.6 Å². The van der Waals surface area contributed by atoms with Crippen molar-refractivity contribution in [3.8, 4) is 0 Å². The van der Waals surface area contributed by atoms with Crippen LogP contribution in [0.25, 0.3) is 0 Å². The van der Waals surface area contributed by atoms with Crippen LogP contribution in [0.2, 0.25) is 0 Å². The molecular formula is C19H20F3N7O2S. The van der Waals surface area contributed by atoms with E-state index in [1.54, 1.807) is 0 Å². The predicted octanol–water partition coefficient (Wildman–Crippen LogP) is 2.78. The average molecular weight is 467 g/mol. The van der Waals surface area contributed by atoms with E-state index in [1.807, 2.05) is 0 Å². The number of anilines is 3. The number of benzene rings is 1. The van der Waals surface area contributed by atoms with Crippen molar-refractivity contribution >= 4 is 27.5 Å². The Kier molecular flexibility index (Phi) is 5.54. The van der Waals surface area contributed by atoms with Crippen molar-refractivity contribution < 1.29 is 21.6 Å². The van der Waals surface area contributed by atoms with Crippen LogP contribution >= 0.6 is 0 Å². The van der Waals surface area contributed by atoms with Crippen molar-refractivity contribution in [3.63, 3.8) is 0 Å². The van der Waals surface area contributed by atoms with E-state index in [0.717, 1.165) is 21.9 Å². The highest BCUT2D eigenvalue weighted by atomic mass is 32.2. The molecule has 0 aliphatic carbocycles. The molecule has 9 nitrogen and oxygen atoms in total. The minimum atomic E-state index is -4.62. The summed E-state index contributed by atoms with van der Waals surface area (Å²) >= 11 is 0. The van der Waals surface area contributed by atoms with Crippen LogP contribution in [0.1, 0.15) is 17.0 Å². The van der Waals surface area contributed by atoms with E-state index in [1.165, 1.54) is 49.6 Å². The van der Waals surface area contributed by atoms with Gasteiger partial charge in [0.25, 0.3) is 0 Å². The molecule has 13 heteroatoms. The molecule has 2 N–H and O–H groups in total. The van der Waals surface area contributed by atoms with Gasteiger partial charge in [0, 0.05) is 38.9 Å². The van der Waals surface area contributed by atoms with Gasteiger partial charge < -0.3 is 15.2 Å². The minimum absolute atomic E-state index is 0.0355. The van der Waals surface area contributed by atoms with Crippen LogP contribution < -0.4 is 10.2 Å². The number of rotatable bonds is 5. The number of aromatic amines is 1. The summed E-state index contributed by atoms with van der Waals surface area (Å²) in [7, 11) is -0.750. The predicted molar refractivity (Wildman–Crippen MR) is 111 cm³/mol. The summed E-state index contributed by atoms with van der Waals surface area (Å²) < 4.78 is 66.3. The maximum absolute atomic E-state index is 13.6. The number of hydrogen-bond donors (Lipinski definition) is 2. The van der Waals surface area contributed by atoms with Crippen molar-refractivity contribution in [2.45, 2.75) is 24.0 Å². The van der Waals surface area contributed by atoms with Crippen LogP contribution in [-0.2, 0) is 29.2 Å². The Morgan fingerprint density at radius 3 is 2.53 bits per heavy atom. The Labute approximate surface area is 182 Å². The summed E-state index contributed by atoms with van der Waals surface area (Å²) in [6, 6.07) is 5.78. The fourth-order valence-corrected chi connectivity index (χ4v) is 4.22. The van der Waals surface area contributed by atoms with Gasteiger partial charge in [-0.25, -0.2) is 22.7 Å². The first-order valence-corrected chi connectivity index (χ1v) is 11.0. The molecule has 32 heavy (non-hydrogen) atoms. The number of sulfonamides is 1. The number of imidazole rings is 1. The molecule has 170 valence electrons. The van der Waals surface area contributed by atoms with Crippen molar-refractivity contribution in [3.05, 3.63) is 53.7 Å². The first-order chi connectivity index (χ1) is 15.1. The molecule has 1 aliphatic heterocycles. The quantitative estimate of drug-likeness (QED) is 0.594. The maximum atomic E-state index is 13.6. The van der Waals surface area contributed by atoms with Crippen LogP contribution in [0.5, 0.6) is 0 Å². The number of hydrogen-bond acceptors (Lipinski definition) is 7. The molecular weight excluding hydrogens is 447 g/mol. The van der Waals surface area contributed by atoms with Gasteiger partial charge in [0.2, 0.25) is 16.0 Å². The van der Waals surface area contributed by atoms with Crippen LogP contribution in [0, 0.1) is 0 Å². The fourth-order valence-electron chi connectivity index (χ4n) is 3.32. The van der Waals surface area contributed by atoms with Crippen molar-refractivity contribution in [2.75, 3.05) is 30.9 Å². The number of alkyl halides is 3. The van der Waals surface area contributed by atoms with E-state index in [0.29, 0.717) is 18.7 Å². The Morgan fingerprint density at radius 1 is 1.16 bits per heavy atom. The summed E-state index contributed by atoms with van der Waals surface area (Å²) in [4.78, 5) is 16.7. The number of fused-ring (bicyclic) bond motifs is 1. The fraction of sp³-hybridized carbons (Fsp3) is 0.316. The highest BCUT2D eigenvalue weighted by molar-refractivity contribution is 7.89. The van der Waals surface area contributed by atoms with Gasteiger partial charge in [-0.2, -0.15) is 18.2 Å². The van der Waals surface area contributed by atoms with Gasteiger partial charge in [0.05, 0.1) is 29.2 Å². The van der Waals surface area contributed by atoms with Crippen molar-refractivity contribution in [1.82, 2.24) is 24.2 Å². The zero-order valence-electron chi connectivity index (χ0n) is 17.2. The second kappa shape index (κ2) is 8.06. The lowest BCUT2D eigenvalue weighted by atomic mass is 10.1. The minimum Gasteiger partial charge on any atom is -0.350 e. The Hall–Kier alpha value is -3.19.